The van der Waals surface area contributed by atoms with Crippen LogP contribution in [0.3, 0.4) is 0 Å². The topological polar surface area (TPSA) is 49.4 Å². The van der Waals surface area contributed by atoms with Crippen LogP contribution in [0.4, 0.5) is 0 Å². The van der Waals surface area contributed by atoms with Gasteiger partial charge in [-0.15, -0.1) is 0 Å². The molecule has 2 fully saturated rings. The number of benzene rings is 1. The average molecular weight is 321 g/mol. The predicted octanol–water partition coefficient (Wildman–Crippen LogP) is 2.71. The predicted molar refractivity (Wildman–Crippen MR) is 85.8 cm³/mol. The van der Waals surface area contributed by atoms with Crippen LogP contribution in [0.15, 0.2) is 24.3 Å². The van der Waals surface area contributed by atoms with Crippen LogP contribution in [0.25, 0.3) is 0 Å². The summed E-state index contributed by atoms with van der Waals surface area (Å²) in [6, 6.07) is 7.60. The summed E-state index contributed by atoms with van der Waals surface area (Å²) in [4.78, 5) is 25.9. The first kappa shape index (κ1) is 15.3. The van der Waals surface area contributed by atoms with Crippen molar-refractivity contribution in [1.29, 1.82) is 0 Å². The van der Waals surface area contributed by atoms with Gasteiger partial charge in [-0.1, -0.05) is 30.2 Å². The lowest BCUT2D eigenvalue weighted by atomic mass is 9.94. The molecule has 2 aliphatic heterocycles. The third kappa shape index (κ3) is 3.43. The number of nitrogens with zero attached hydrogens (tertiary/aromatic N) is 1. The summed E-state index contributed by atoms with van der Waals surface area (Å²) in [7, 11) is 0. The van der Waals surface area contributed by atoms with Crippen LogP contribution in [0.2, 0.25) is 5.02 Å². The van der Waals surface area contributed by atoms with Gasteiger partial charge in [-0.2, -0.15) is 0 Å². The van der Waals surface area contributed by atoms with E-state index in [9.17, 15) is 9.59 Å². The van der Waals surface area contributed by atoms with Crippen molar-refractivity contribution in [2.24, 2.45) is 0 Å². The van der Waals surface area contributed by atoms with E-state index in [2.05, 4.69) is 17.4 Å². The number of hydrogen-bond donors (Lipinski definition) is 1. The number of carbonyl (C=O) groups excluding carboxylic acids is 2. The van der Waals surface area contributed by atoms with Crippen LogP contribution in [-0.4, -0.2) is 35.8 Å². The molecule has 0 aromatic heterocycles. The lowest BCUT2D eigenvalue weighted by molar-refractivity contribution is -0.134. The third-order valence-electron chi connectivity index (χ3n) is 4.62. The molecule has 1 aromatic carbocycles. The van der Waals surface area contributed by atoms with Gasteiger partial charge in [0.25, 0.3) is 0 Å². The summed E-state index contributed by atoms with van der Waals surface area (Å²) < 4.78 is 0. The quantitative estimate of drug-likeness (QED) is 0.911. The monoisotopic (exact) mass is 320 g/mol. The Bertz CT molecular complexity index is 558. The van der Waals surface area contributed by atoms with E-state index in [4.69, 9.17) is 11.6 Å². The molecule has 22 heavy (non-hydrogen) atoms. The Morgan fingerprint density at radius 2 is 1.95 bits per heavy atom. The largest absolute Gasteiger partial charge is 0.344 e. The molecule has 5 heteroatoms. The molecule has 0 bridgehead atoms. The van der Waals surface area contributed by atoms with Gasteiger partial charge in [-0.3, -0.25) is 9.59 Å². The SMILES string of the molecule is O=C1CCC(C(=O)N2CCCCC(c3ccc(Cl)cc3)C2)N1. The van der Waals surface area contributed by atoms with Gasteiger partial charge in [0.1, 0.15) is 6.04 Å². The van der Waals surface area contributed by atoms with Gasteiger partial charge in [-0.05, 0) is 37.0 Å². The number of hydrogen-bond acceptors (Lipinski definition) is 2. The molecule has 118 valence electrons. The van der Waals surface area contributed by atoms with Crippen LogP contribution in [0, 0.1) is 0 Å². The van der Waals surface area contributed by atoms with E-state index in [1.54, 1.807) is 0 Å². The molecule has 2 amide bonds. The smallest absolute Gasteiger partial charge is 0.245 e. The molecule has 0 radical (unpaired) electrons. The van der Waals surface area contributed by atoms with Crippen molar-refractivity contribution in [2.45, 2.75) is 44.1 Å². The molecule has 1 aromatic rings. The molecule has 2 aliphatic rings. The molecular formula is C17H21ClN2O2. The Balaban J connectivity index is 1.71. The van der Waals surface area contributed by atoms with E-state index >= 15 is 0 Å². The first-order valence-electron chi connectivity index (χ1n) is 7.97. The summed E-state index contributed by atoms with van der Waals surface area (Å²) in [5.41, 5.74) is 1.24. The second-order valence-corrected chi connectivity index (χ2v) is 6.62. The number of amides is 2. The zero-order valence-electron chi connectivity index (χ0n) is 12.6. The highest BCUT2D eigenvalue weighted by molar-refractivity contribution is 6.30. The Morgan fingerprint density at radius 1 is 1.18 bits per heavy atom. The Morgan fingerprint density at radius 3 is 2.64 bits per heavy atom. The van der Waals surface area contributed by atoms with Crippen molar-refractivity contribution in [3.63, 3.8) is 0 Å². The van der Waals surface area contributed by atoms with Crippen LogP contribution in [-0.2, 0) is 9.59 Å². The second-order valence-electron chi connectivity index (χ2n) is 6.19. The molecular weight excluding hydrogens is 300 g/mol. The molecule has 0 saturated carbocycles. The number of rotatable bonds is 2. The fourth-order valence-corrected chi connectivity index (χ4v) is 3.49. The number of halogens is 1. The van der Waals surface area contributed by atoms with E-state index in [1.165, 1.54) is 5.56 Å². The van der Waals surface area contributed by atoms with E-state index in [-0.39, 0.29) is 17.9 Å². The van der Waals surface area contributed by atoms with Gasteiger partial charge < -0.3 is 10.2 Å². The molecule has 2 atom stereocenters. The van der Waals surface area contributed by atoms with Crippen LogP contribution in [0.5, 0.6) is 0 Å². The minimum absolute atomic E-state index is 0.0116. The van der Waals surface area contributed by atoms with E-state index in [1.807, 2.05) is 17.0 Å². The van der Waals surface area contributed by atoms with Crippen molar-refractivity contribution >= 4 is 23.4 Å². The minimum atomic E-state index is -0.323. The summed E-state index contributed by atoms with van der Waals surface area (Å²) in [5.74, 6) is 0.412. The van der Waals surface area contributed by atoms with Gasteiger partial charge in [0.05, 0.1) is 0 Å². The third-order valence-corrected chi connectivity index (χ3v) is 4.87. The summed E-state index contributed by atoms with van der Waals surface area (Å²) in [5, 5.41) is 3.52. The van der Waals surface area contributed by atoms with E-state index in [0.29, 0.717) is 18.8 Å². The number of nitrogens with one attached hydrogen (secondary N) is 1. The second kappa shape index (κ2) is 6.69. The number of likely N-dealkylation sites (tertiary alicyclic amines) is 1. The molecule has 3 rings (SSSR count). The van der Waals surface area contributed by atoms with Crippen LogP contribution < -0.4 is 5.32 Å². The summed E-state index contributed by atoms with van der Waals surface area (Å²) in [6.45, 7) is 1.52. The fraction of sp³-hybridized carbons (Fsp3) is 0.529. The maximum atomic E-state index is 12.6. The minimum Gasteiger partial charge on any atom is -0.344 e. The molecule has 0 aliphatic carbocycles. The molecule has 4 nitrogen and oxygen atoms in total. The molecule has 2 unspecified atom stereocenters. The molecule has 2 saturated heterocycles. The maximum Gasteiger partial charge on any atom is 0.245 e. The average Bonchev–Trinajstić information content (AvgIpc) is 2.81. The highest BCUT2D eigenvalue weighted by Crippen LogP contribution is 2.28. The van der Waals surface area contributed by atoms with E-state index in [0.717, 1.165) is 37.4 Å². The Labute approximate surface area is 135 Å². The van der Waals surface area contributed by atoms with Crippen LogP contribution >= 0.6 is 11.6 Å². The first-order valence-corrected chi connectivity index (χ1v) is 8.35. The van der Waals surface area contributed by atoms with Crippen molar-refractivity contribution in [3.05, 3.63) is 34.9 Å². The van der Waals surface area contributed by atoms with Crippen molar-refractivity contribution < 1.29 is 9.59 Å². The van der Waals surface area contributed by atoms with Crippen LogP contribution in [0.1, 0.15) is 43.6 Å². The van der Waals surface area contributed by atoms with Crippen molar-refractivity contribution in [3.8, 4) is 0 Å². The van der Waals surface area contributed by atoms with Gasteiger partial charge in [0.2, 0.25) is 11.8 Å². The highest BCUT2D eigenvalue weighted by atomic mass is 35.5. The Hall–Kier alpha value is -1.55. The van der Waals surface area contributed by atoms with Crippen molar-refractivity contribution in [2.75, 3.05) is 13.1 Å². The van der Waals surface area contributed by atoms with E-state index < -0.39 is 0 Å². The van der Waals surface area contributed by atoms with Gasteiger partial charge in [-0.25, -0.2) is 0 Å². The summed E-state index contributed by atoms with van der Waals surface area (Å²) >= 11 is 5.96. The van der Waals surface area contributed by atoms with Crippen molar-refractivity contribution in [1.82, 2.24) is 10.2 Å². The van der Waals surface area contributed by atoms with Gasteiger partial charge in [0.15, 0.2) is 0 Å². The normalized spacial score (nSPS) is 25.7. The number of carbonyl (C=O) groups is 2. The molecule has 0 spiro atoms. The first-order chi connectivity index (χ1) is 10.6. The lowest BCUT2D eigenvalue weighted by Crippen LogP contribution is -2.45. The van der Waals surface area contributed by atoms with Gasteiger partial charge >= 0.3 is 0 Å². The standard InChI is InChI=1S/C17H21ClN2O2/c18-14-6-4-12(5-7-14)13-3-1-2-10-20(11-13)17(22)15-8-9-16(21)19-15/h4-7,13,15H,1-3,8-11H2,(H,19,21). The summed E-state index contributed by atoms with van der Waals surface area (Å²) in [6.07, 6.45) is 4.32. The maximum absolute atomic E-state index is 12.6. The zero-order valence-corrected chi connectivity index (χ0v) is 13.3. The Kier molecular flexibility index (Phi) is 4.67. The highest BCUT2D eigenvalue weighted by Gasteiger charge is 2.32. The molecule has 2 heterocycles. The molecule has 1 N–H and O–H groups in total. The van der Waals surface area contributed by atoms with Gasteiger partial charge in [0, 0.05) is 30.5 Å². The lowest BCUT2D eigenvalue weighted by Gasteiger charge is -2.27. The zero-order chi connectivity index (χ0) is 15.5. The fourth-order valence-electron chi connectivity index (χ4n) is 3.37.